The molecule has 6 nitrogen and oxygen atoms in total. The van der Waals surface area contributed by atoms with Gasteiger partial charge in [-0.05, 0) is 30.2 Å². The van der Waals surface area contributed by atoms with E-state index in [2.05, 4.69) is 6.92 Å². The van der Waals surface area contributed by atoms with Crippen LogP contribution in [0.3, 0.4) is 0 Å². The SMILES string of the molecule is CCCCCOc1cc(C=C2C(=O)OC(C)(C)OC2=O)ccc1OC. The molecule has 0 bridgehead atoms. The number of hydrogen-bond donors (Lipinski definition) is 0. The van der Waals surface area contributed by atoms with E-state index in [0.717, 1.165) is 19.3 Å². The summed E-state index contributed by atoms with van der Waals surface area (Å²) in [6, 6.07) is 5.17. The first kappa shape index (κ1) is 18.8. The standard InChI is InChI=1S/C19H24O6/c1-5-6-7-10-23-16-12-13(8-9-15(16)22-4)11-14-17(20)24-19(2,3)25-18(14)21/h8-9,11-12H,5-7,10H2,1-4H3. The zero-order valence-corrected chi connectivity index (χ0v) is 15.1. The van der Waals surface area contributed by atoms with Crippen molar-refractivity contribution in [1.29, 1.82) is 0 Å². The highest BCUT2D eigenvalue weighted by molar-refractivity contribution is 6.18. The van der Waals surface area contributed by atoms with Crippen molar-refractivity contribution in [2.75, 3.05) is 13.7 Å². The van der Waals surface area contributed by atoms with E-state index in [0.29, 0.717) is 23.7 Å². The van der Waals surface area contributed by atoms with E-state index in [1.807, 2.05) is 0 Å². The van der Waals surface area contributed by atoms with Crippen molar-refractivity contribution in [3.8, 4) is 11.5 Å². The smallest absolute Gasteiger partial charge is 0.348 e. The van der Waals surface area contributed by atoms with Gasteiger partial charge in [-0.1, -0.05) is 25.8 Å². The Balaban J connectivity index is 2.21. The molecule has 0 spiro atoms. The van der Waals surface area contributed by atoms with E-state index in [1.165, 1.54) is 19.9 Å². The average Bonchev–Trinajstić information content (AvgIpc) is 2.54. The Labute approximate surface area is 147 Å². The highest BCUT2D eigenvalue weighted by atomic mass is 16.7. The van der Waals surface area contributed by atoms with Gasteiger partial charge in [0.2, 0.25) is 0 Å². The van der Waals surface area contributed by atoms with Gasteiger partial charge >= 0.3 is 11.9 Å². The van der Waals surface area contributed by atoms with E-state index < -0.39 is 17.7 Å². The van der Waals surface area contributed by atoms with Gasteiger partial charge in [-0.25, -0.2) is 9.59 Å². The maximum Gasteiger partial charge on any atom is 0.348 e. The summed E-state index contributed by atoms with van der Waals surface area (Å²) in [7, 11) is 1.56. The summed E-state index contributed by atoms with van der Waals surface area (Å²) in [5.74, 6) is -1.51. The molecule has 1 aromatic rings. The second-order valence-electron chi connectivity index (χ2n) is 6.20. The minimum absolute atomic E-state index is 0.151. The molecule has 0 aliphatic carbocycles. The van der Waals surface area contributed by atoms with Crippen molar-refractivity contribution in [3.05, 3.63) is 29.3 Å². The third kappa shape index (κ3) is 4.98. The lowest BCUT2D eigenvalue weighted by atomic mass is 10.1. The Bertz CT molecular complexity index is 652. The molecule has 0 amide bonds. The van der Waals surface area contributed by atoms with Crippen LogP contribution < -0.4 is 9.47 Å². The van der Waals surface area contributed by atoms with Gasteiger partial charge in [-0.15, -0.1) is 0 Å². The van der Waals surface area contributed by atoms with Crippen LogP contribution in [0.5, 0.6) is 11.5 Å². The Kier molecular flexibility index (Phi) is 6.07. The van der Waals surface area contributed by atoms with Crippen molar-refractivity contribution in [2.45, 2.75) is 45.8 Å². The molecule has 0 aromatic heterocycles. The van der Waals surface area contributed by atoms with Gasteiger partial charge < -0.3 is 18.9 Å². The van der Waals surface area contributed by atoms with Crippen molar-refractivity contribution < 1.29 is 28.5 Å². The summed E-state index contributed by atoms with van der Waals surface area (Å²) in [6.45, 7) is 5.71. The summed E-state index contributed by atoms with van der Waals surface area (Å²) in [5, 5.41) is 0. The summed E-state index contributed by atoms with van der Waals surface area (Å²) in [6.07, 6.45) is 4.56. The molecule has 1 aromatic carbocycles. The highest BCUT2D eigenvalue weighted by Crippen LogP contribution is 2.30. The number of esters is 2. The van der Waals surface area contributed by atoms with Crippen LogP contribution in [0.2, 0.25) is 0 Å². The zero-order valence-electron chi connectivity index (χ0n) is 15.1. The fraction of sp³-hybridized carbons (Fsp3) is 0.474. The maximum atomic E-state index is 12.0. The first-order valence-electron chi connectivity index (χ1n) is 8.35. The minimum Gasteiger partial charge on any atom is -0.493 e. The predicted octanol–water partition coefficient (Wildman–Crippen LogP) is 3.48. The molecule has 0 atom stereocenters. The number of benzene rings is 1. The molecule has 1 heterocycles. The minimum atomic E-state index is -1.25. The van der Waals surface area contributed by atoms with Crippen LogP contribution in [-0.2, 0) is 19.1 Å². The van der Waals surface area contributed by atoms with Crippen molar-refractivity contribution >= 4 is 18.0 Å². The topological polar surface area (TPSA) is 71.1 Å². The summed E-state index contributed by atoms with van der Waals surface area (Å²) in [5.41, 5.74) is 0.469. The summed E-state index contributed by atoms with van der Waals surface area (Å²) < 4.78 is 21.2. The zero-order chi connectivity index (χ0) is 18.4. The van der Waals surface area contributed by atoms with Crippen LogP contribution in [0.4, 0.5) is 0 Å². The Morgan fingerprint density at radius 2 is 1.76 bits per heavy atom. The molecule has 0 unspecified atom stereocenters. The molecule has 0 N–H and O–H groups in total. The normalized spacial score (nSPS) is 16.1. The monoisotopic (exact) mass is 348 g/mol. The molecule has 1 saturated heterocycles. The molecule has 1 fully saturated rings. The molecule has 2 rings (SSSR count). The van der Waals surface area contributed by atoms with Crippen LogP contribution in [0.1, 0.15) is 45.6 Å². The number of carbonyl (C=O) groups excluding carboxylic acids is 2. The number of ether oxygens (including phenoxy) is 4. The summed E-state index contributed by atoms with van der Waals surface area (Å²) >= 11 is 0. The highest BCUT2D eigenvalue weighted by Gasteiger charge is 2.38. The van der Waals surface area contributed by atoms with Gasteiger partial charge in [0.1, 0.15) is 5.57 Å². The second kappa shape index (κ2) is 8.05. The molecular formula is C19H24O6. The fourth-order valence-electron chi connectivity index (χ4n) is 2.38. The molecular weight excluding hydrogens is 324 g/mol. The van der Waals surface area contributed by atoms with Crippen LogP contribution in [-0.4, -0.2) is 31.4 Å². The lowest BCUT2D eigenvalue weighted by Crippen LogP contribution is -2.41. The molecule has 136 valence electrons. The maximum absolute atomic E-state index is 12.0. The van der Waals surface area contributed by atoms with Crippen molar-refractivity contribution in [2.24, 2.45) is 0 Å². The number of cyclic esters (lactones) is 2. The largest absolute Gasteiger partial charge is 0.493 e. The number of hydrogen-bond acceptors (Lipinski definition) is 6. The number of methoxy groups -OCH3 is 1. The molecule has 6 heteroatoms. The van der Waals surface area contributed by atoms with Gasteiger partial charge in [0.05, 0.1) is 13.7 Å². The summed E-state index contributed by atoms with van der Waals surface area (Å²) in [4.78, 5) is 24.1. The number of unbranched alkanes of at least 4 members (excludes halogenated alkanes) is 2. The van der Waals surface area contributed by atoms with E-state index >= 15 is 0 Å². The lowest BCUT2D eigenvalue weighted by molar-refractivity contribution is -0.222. The molecule has 1 aliphatic rings. The quantitative estimate of drug-likeness (QED) is 0.325. The fourth-order valence-corrected chi connectivity index (χ4v) is 2.38. The van der Waals surface area contributed by atoms with Crippen molar-refractivity contribution in [3.63, 3.8) is 0 Å². The molecule has 0 saturated carbocycles. The van der Waals surface area contributed by atoms with Crippen molar-refractivity contribution in [1.82, 2.24) is 0 Å². The Morgan fingerprint density at radius 3 is 2.36 bits per heavy atom. The first-order chi connectivity index (χ1) is 11.9. The van der Waals surface area contributed by atoms with E-state index in [-0.39, 0.29) is 5.57 Å². The van der Waals surface area contributed by atoms with Gasteiger partial charge in [0.25, 0.3) is 5.79 Å². The van der Waals surface area contributed by atoms with Gasteiger partial charge in [0.15, 0.2) is 11.5 Å². The predicted molar refractivity (Wildman–Crippen MR) is 92.3 cm³/mol. The second-order valence-corrected chi connectivity index (χ2v) is 6.20. The third-order valence-electron chi connectivity index (χ3n) is 3.62. The van der Waals surface area contributed by atoms with E-state index in [4.69, 9.17) is 18.9 Å². The third-order valence-corrected chi connectivity index (χ3v) is 3.62. The van der Waals surface area contributed by atoms with Gasteiger partial charge in [-0.2, -0.15) is 0 Å². The first-order valence-corrected chi connectivity index (χ1v) is 8.35. The number of carbonyl (C=O) groups is 2. The lowest BCUT2D eigenvalue weighted by Gasteiger charge is -2.29. The van der Waals surface area contributed by atoms with Crippen LogP contribution in [0, 0.1) is 0 Å². The Morgan fingerprint density at radius 1 is 1.08 bits per heavy atom. The number of rotatable bonds is 7. The average molecular weight is 348 g/mol. The Hall–Kier alpha value is -2.50. The molecule has 25 heavy (non-hydrogen) atoms. The van der Waals surface area contributed by atoms with Crippen LogP contribution >= 0.6 is 0 Å². The van der Waals surface area contributed by atoms with Gasteiger partial charge in [-0.3, -0.25) is 0 Å². The van der Waals surface area contributed by atoms with Gasteiger partial charge in [0, 0.05) is 13.8 Å². The van der Waals surface area contributed by atoms with Crippen LogP contribution in [0.15, 0.2) is 23.8 Å². The van der Waals surface area contributed by atoms with E-state index in [9.17, 15) is 9.59 Å². The molecule has 1 aliphatic heterocycles. The molecule has 0 radical (unpaired) electrons. The van der Waals surface area contributed by atoms with Crippen LogP contribution in [0.25, 0.3) is 6.08 Å². The van der Waals surface area contributed by atoms with E-state index in [1.54, 1.807) is 25.3 Å².